The fraction of sp³-hybridized carbons (Fsp3) is 0.552. The van der Waals surface area contributed by atoms with Crippen LogP contribution in [0.3, 0.4) is 0 Å². The average Bonchev–Trinajstić information content (AvgIpc) is 3.47. The van der Waals surface area contributed by atoms with Gasteiger partial charge in [-0.05, 0) is 51.2 Å². The van der Waals surface area contributed by atoms with Gasteiger partial charge in [-0.1, -0.05) is 42.8 Å². The van der Waals surface area contributed by atoms with Crippen LogP contribution in [0.4, 0.5) is 5.69 Å². The van der Waals surface area contributed by atoms with Crippen molar-refractivity contribution < 1.29 is 24.2 Å². The van der Waals surface area contributed by atoms with E-state index in [-0.39, 0.29) is 37.5 Å². The highest BCUT2D eigenvalue weighted by molar-refractivity contribution is 8.02. The Hall–Kier alpha value is -2.29. The van der Waals surface area contributed by atoms with Crippen LogP contribution < -0.4 is 4.90 Å². The second-order valence-corrected chi connectivity index (χ2v) is 12.8. The molecular weight excluding hydrogens is 524 g/mol. The number of hydrogen-bond donors (Lipinski definition) is 1. The number of rotatable bonds is 12. The molecule has 4 rings (SSSR count). The van der Waals surface area contributed by atoms with Crippen molar-refractivity contribution in [2.75, 3.05) is 24.7 Å². The van der Waals surface area contributed by atoms with Gasteiger partial charge in [-0.25, -0.2) is 0 Å². The number of carbonyl (C=O) groups excluding carboxylic acids is 3. The maximum atomic E-state index is 14.5. The molecule has 6 atom stereocenters. The molecule has 3 aliphatic rings. The molecule has 2 bridgehead atoms. The Morgan fingerprint density at radius 2 is 2.05 bits per heavy atom. The van der Waals surface area contributed by atoms with Crippen LogP contribution in [0.25, 0.3) is 0 Å². The SMILES string of the molecule is C=CCCCOC(=O)[C@H]1[C@H]2C(=O)N([C@@H](CC)CO)C(C(=O)N(CC=C)c3ccccc3Cl)C23CC[C@]1(C)S3. The maximum Gasteiger partial charge on any atom is 0.311 e. The van der Waals surface area contributed by atoms with E-state index in [1.165, 1.54) is 0 Å². The van der Waals surface area contributed by atoms with Crippen LogP contribution in [-0.2, 0) is 19.1 Å². The normalized spacial score (nSPS) is 30.2. The summed E-state index contributed by atoms with van der Waals surface area (Å²) in [6.07, 6.45) is 6.58. The molecule has 0 aliphatic carbocycles. The van der Waals surface area contributed by atoms with Crippen LogP contribution in [0.1, 0.15) is 46.0 Å². The van der Waals surface area contributed by atoms with Gasteiger partial charge >= 0.3 is 5.97 Å². The number of esters is 1. The quantitative estimate of drug-likeness (QED) is 0.228. The molecule has 1 spiro atoms. The standard InChI is InChI=1S/C29H37ClN2O5S/c1-5-8-11-17-37-27(36)23-22-25(34)32(19(7-3)18-33)24(29(22)15-14-28(23,4)38-29)26(35)31(16-6-2)21-13-10-9-12-20(21)30/h5-6,9-10,12-13,19,22-24,33H,1-2,7-8,11,14-18H2,3-4H3/t19-,22-,23+,24?,28-,29?/m0/s1. The minimum absolute atomic E-state index is 0.203. The smallest absolute Gasteiger partial charge is 0.311 e. The number of fused-ring (bicyclic) bond motifs is 1. The number of ether oxygens (including phenoxy) is 1. The second-order valence-electron chi connectivity index (χ2n) is 10.5. The second kappa shape index (κ2) is 11.4. The lowest BCUT2D eigenvalue weighted by molar-refractivity contribution is -0.156. The zero-order chi connectivity index (χ0) is 27.7. The van der Waals surface area contributed by atoms with E-state index in [1.807, 2.05) is 13.8 Å². The van der Waals surface area contributed by atoms with Crippen LogP contribution in [0.15, 0.2) is 49.6 Å². The number of carbonyl (C=O) groups is 3. The van der Waals surface area contributed by atoms with Crippen molar-refractivity contribution in [3.63, 3.8) is 0 Å². The third-order valence-corrected chi connectivity index (χ3v) is 10.6. The summed E-state index contributed by atoms with van der Waals surface area (Å²) in [5.41, 5.74) is 0.533. The first-order valence-corrected chi connectivity index (χ1v) is 14.5. The molecule has 3 heterocycles. The summed E-state index contributed by atoms with van der Waals surface area (Å²) in [5, 5.41) is 10.7. The molecule has 3 saturated heterocycles. The summed E-state index contributed by atoms with van der Waals surface area (Å²) in [5.74, 6) is -2.29. The van der Waals surface area contributed by atoms with E-state index in [0.29, 0.717) is 36.4 Å². The number of para-hydroxylation sites is 1. The highest BCUT2D eigenvalue weighted by Crippen LogP contribution is 2.72. The zero-order valence-corrected chi connectivity index (χ0v) is 23.7. The summed E-state index contributed by atoms with van der Waals surface area (Å²) in [4.78, 5) is 45.4. The summed E-state index contributed by atoms with van der Waals surface area (Å²) < 4.78 is 4.34. The van der Waals surface area contributed by atoms with Crippen LogP contribution in [0.2, 0.25) is 5.02 Å². The Kier molecular flexibility index (Phi) is 8.65. The first-order chi connectivity index (χ1) is 18.2. The number of anilines is 1. The van der Waals surface area contributed by atoms with Crippen molar-refractivity contribution >= 4 is 46.8 Å². The monoisotopic (exact) mass is 560 g/mol. The van der Waals surface area contributed by atoms with Gasteiger partial charge in [0.1, 0.15) is 6.04 Å². The molecular formula is C29H37ClN2O5S. The molecule has 1 N–H and O–H groups in total. The van der Waals surface area contributed by atoms with Gasteiger partial charge in [-0.15, -0.1) is 24.9 Å². The number of hydrogen-bond acceptors (Lipinski definition) is 6. The molecule has 206 valence electrons. The predicted octanol–water partition coefficient (Wildman–Crippen LogP) is 4.62. The van der Waals surface area contributed by atoms with Crippen LogP contribution in [-0.4, -0.2) is 69.1 Å². The van der Waals surface area contributed by atoms with Gasteiger partial charge in [-0.2, -0.15) is 0 Å². The first kappa shape index (κ1) is 28.7. The van der Waals surface area contributed by atoms with Gasteiger partial charge in [0.25, 0.3) is 5.91 Å². The third-order valence-electron chi connectivity index (χ3n) is 8.30. The fourth-order valence-electron chi connectivity index (χ4n) is 6.55. The summed E-state index contributed by atoms with van der Waals surface area (Å²) in [7, 11) is 0. The minimum Gasteiger partial charge on any atom is -0.465 e. The molecule has 1 aromatic rings. The number of allylic oxidation sites excluding steroid dienone is 1. The van der Waals surface area contributed by atoms with Crippen LogP contribution in [0, 0.1) is 11.8 Å². The van der Waals surface area contributed by atoms with Gasteiger partial charge in [0.2, 0.25) is 5.91 Å². The number of benzene rings is 1. The van der Waals surface area contributed by atoms with Crippen molar-refractivity contribution in [1.82, 2.24) is 4.90 Å². The predicted molar refractivity (Wildman–Crippen MR) is 151 cm³/mol. The molecule has 3 fully saturated rings. The number of nitrogens with zero attached hydrogens (tertiary/aromatic N) is 2. The lowest BCUT2D eigenvalue weighted by Crippen LogP contribution is -2.57. The topological polar surface area (TPSA) is 87.1 Å². The molecule has 9 heteroatoms. The number of aliphatic hydroxyl groups is 1. The van der Waals surface area contributed by atoms with E-state index in [4.69, 9.17) is 16.3 Å². The lowest BCUT2D eigenvalue weighted by Gasteiger charge is -2.39. The van der Waals surface area contributed by atoms with Gasteiger partial charge in [-0.3, -0.25) is 14.4 Å². The summed E-state index contributed by atoms with van der Waals surface area (Å²) in [6.45, 7) is 11.6. The Bertz CT molecular complexity index is 1110. The third kappa shape index (κ3) is 4.58. The number of unbranched alkanes of at least 4 members (excludes halogenated alkanes) is 1. The summed E-state index contributed by atoms with van der Waals surface area (Å²) >= 11 is 8.09. The van der Waals surface area contributed by atoms with Gasteiger partial charge in [0.15, 0.2) is 0 Å². The largest absolute Gasteiger partial charge is 0.465 e. The van der Waals surface area contributed by atoms with E-state index in [9.17, 15) is 19.5 Å². The van der Waals surface area contributed by atoms with E-state index in [2.05, 4.69) is 13.2 Å². The van der Waals surface area contributed by atoms with Gasteiger partial charge < -0.3 is 19.6 Å². The Morgan fingerprint density at radius 3 is 2.68 bits per heavy atom. The highest BCUT2D eigenvalue weighted by Gasteiger charge is 2.78. The van der Waals surface area contributed by atoms with E-state index >= 15 is 0 Å². The van der Waals surface area contributed by atoms with Crippen molar-refractivity contribution in [3.05, 3.63) is 54.6 Å². The molecule has 0 radical (unpaired) electrons. The molecule has 2 unspecified atom stereocenters. The molecule has 0 aromatic heterocycles. The zero-order valence-electron chi connectivity index (χ0n) is 22.1. The van der Waals surface area contributed by atoms with E-state index < -0.39 is 33.4 Å². The van der Waals surface area contributed by atoms with E-state index in [0.717, 1.165) is 6.42 Å². The van der Waals surface area contributed by atoms with Crippen molar-refractivity contribution in [3.8, 4) is 0 Å². The number of aliphatic hydroxyl groups excluding tert-OH is 1. The number of amides is 2. The van der Waals surface area contributed by atoms with Crippen molar-refractivity contribution in [1.29, 1.82) is 0 Å². The molecule has 38 heavy (non-hydrogen) atoms. The van der Waals surface area contributed by atoms with Gasteiger partial charge in [0, 0.05) is 11.3 Å². The average molecular weight is 561 g/mol. The molecule has 1 aromatic carbocycles. The van der Waals surface area contributed by atoms with Crippen molar-refractivity contribution in [2.45, 2.75) is 67.5 Å². The van der Waals surface area contributed by atoms with Crippen LogP contribution in [0.5, 0.6) is 0 Å². The fourth-order valence-corrected chi connectivity index (χ4v) is 9.12. The van der Waals surface area contributed by atoms with Crippen LogP contribution >= 0.6 is 23.4 Å². The highest BCUT2D eigenvalue weighted by atomic mass is 35.5. The Labute approximate surface area is 234 Å². The first-order valence-electron chi connectivity index (χ1n) is 13.3. The summed E-state index contributed by atoms with van der Waals surface area (Å²) in [6, 6.07) is 5.68. The molecule has 7 nitrogen and oxygen atoms in total. The molecule has 2 amide bonds. The van der Waals surface area contributed by atoms with Gasteiger partial charge in [0.05, 0.1) is 46.5 Å². The molecule has 0 saturated carbocycles. The number of halogens is 1. The number of thioether (sulfide) groups is 1. The Balaban J connectivity index is 1.78. The lowest BCUT2D eigenvalue weighted by atomic mass is 9.66. The molecule has 3 aliphatic heterocycles. The minimum atomic E-state index is -0.862. The van der Waals surface area contributed by atoms with E-state index in [1.54, 1.807) is 58.0 Å². The number of likely N-dealkylation sites (tertiary alicyclic amines) is 1. The maximum absolute atomic E-state index is 14.5. The Morgan fingerprint density at radius 1 is 1.32 bits per heavy atom. The van der Waals surface area contributed by atoms with Crippen molar-refractivity contribution in [2.24, 2.45) is 11.8 Å².